The molecule has 1 N–H and O–H groups in total. The van der Waals surface area contributed by atoms with Crippen molar-refractivity contribution in [3.63, 3.8) is 0 Å². The first-order chi connectivity index (χ1) is 15.1. The molecule has 0 aliphatic heterocycles. The number of hydrogen-bond donors (Lipinski definition) is 1. The highest BCUT2D eigenvalue weighted by Crippen LogP contribution is 2.23. The highest BCUT2D eigenvalue weighted by molar-refractivity contribution is 4.72. The van der Waals surface area contributed by atoms with Crippen molar-refractivity contribution >= 4 is 0 Å². The third-order valence-corrected chi connectivity index (χ3v) is 7.14. The van der Waals surface area contributed by atoms with Gasteiger partial charge in [-0.1, -0.05) is 168 Å². The molecule has 0 rings (SSSR count). The van der Waals surface area contributed by atoms with Gasteiger partial charge < -0.3 is 5.11 Å². The first-order valence-electron chi connectivity index (χ1n) is 14.8. The summed E-state index contributed by atoms with van der Waals surface area (Å²) < 4.78 is 0. The second-order valence-corrected chi connectivity index (χ2v) is 10.8. The fraction of sp³-hybridized carbons (Fsp3) is 1.00. The van der Waals surface area contributed by atoms with Crippen LogP contribution < -0.4 is 0 Å². The molecule has 0 radical (unpaired) electrons. The van der Waals surface area contributed by atoms with Crippen molar-refractivity contribution in [2.45, 2.75) is 193 Å². The first-order valence-corrected chi connectivity index (χ1v) is 14.8. The molecule has 1 heteroatoms. The molecule has 31 heavy (non-hydrogen) atoms. The zero-order valence-corrected chi connectivity index (χ0v) is 22.3. The molecular formula is C30H62O. The highest BCUT2D eigenvalue weighted by atomic mass is 16.3. The maximum atomic E-state index is 10.6. The Morgan fingerprint density at radius 1 is 0.355 bits per heavy atom. The van der Waals surface area contributed by atoms with E-state index in [1.807, 2.05) is 0 Å². The molecule has 0 fully saturated rings. The van der Waals surface area contributed by atoms with E-state index in [9.17, 15) is 5.11 Å². The predicted octanol–water partition coefficient (Wildman–Crippen LogP) is 10.9. The van der Waals surface area contributed by atoms with Gasteiger partial charge in [-0.2, -0.15) is 0 Å². The summed E-state index contributed by atoms with van der Waals surface area (Å²) in [5, 5.41) is 10.6. The molecule has 0 aliphatic rings. The van der Waals surface area contributed by atoms with Crippen molar-refractivity contribution in [1.82, 2.24) is 0 Å². The van der Waals surface area contributed by atoms with Crippen LogP contribution in [0.1, 0.15) is 188 Å². The molecule has 0 aromatic heterocycles. The largest absolute Gasteiger partial charge is 0.390 e. The van der Waals surface area contributed by atoms with E-state index in [2.05, 4.69) is 20.8 Å². The summed E-state index contributed by atoms with van der Waals surface area (Å²) in [5.74, 6) is 0. The highest BCUT2D eigenvalue weighted by Gasteiger charge is 2.18. The van der Waals surface area contributed by atoms with Gasteiger partial charge in [-0.25, -0.2) is 0 Å². The number of aliphatic hydroxyl groups is 1. The molecule has 0 saturated carbocycles. The first kappa shape index (κ1) is 31.0. The molecule has 0 heterocycles. The Kier molecular flexibility index (Phi) is 24.6. The molecule has 0 bridgehead atoms. The fourth-order valence-corrected chi connectivity index (χ4v) is 4.82. The van der Waals surface area contributed by atoms with Gasteiger partial charge in [-0.15, -0.1) is 0 Å². The molecular weight excluding hydrogens is 376 g/mol. The zero-order chi connectivity index (χ0) is 22.9. The van der Waals surface area contributed by atoms with Crippen molar-refractivity contribution in [3.8, 4) is 0 Å². The lowest BCUT2D eigenvalue weighted by atomic mass is 9.91. The molecule has 0 amide bonds. The average Bonchev–Trinajstić information content (AvgIpc) is 2.75. The molecule has 0 saturated heterocycles. The Morgan fingerprint density at radius 2 is 0.548 bits per heavy atom. The van der Waals surface area contributed by atoms with Crippen LogP contribution in [0.2, 0.25) is 0 Å². The van der Waals surface area contributed by atoms with Gasteiger partial charge in [0.1, 0.15) is 0 Å². The van der Waals surface area contributed by atoms with Crippen LogP contribution in [0.25, 0.3) is 0 Å². The van der Waals surface area contributed by atoms with Crippen LogP contribution in [0.15, 0.2) is 0 Å². The maximum absolute atomic E-state index is 10.6. The number of hydrogen-bond acceptors (Lipinski definition) is 1. The van der Waals surface area contributed by atoms with Gasteiger partial charge in [0, 0.05) is 0 Å². The Labute approximate surface area is 198 Å². The smallest absolute Gasteiger partial charge is 0.0619 e. The van der Waals surface area contributed by atoms with E-state index < -0.39 is 5.60 Å². The Bertz CT molecular complexity index is 322. The number of rotatable bonds is 26. The summed E-state index contributed by atoms with van der Waals surface area (Å²) in [4.78, 5) is 0. The van der Waals surface area contributed by atoms with Crippen LogP contribution in [0.4, 0.5) is 0 Å². The van der Waals surface area contributed by atoms with Gasteiger partial charge in [0.15, 0.2) is 0 Å². The minimum absolute atomic E-state index is 0.419. The van der Waals surface area contributed by atoms with Gasteiger partial charge in [0.25, 0.3) is 0 Å². The summed E-state index contributed by atoms with van der Waals surface area (Å²) in [7, 11) is 0. The molecule has 188 valence electrons. The monoisotopic (exact) mass is 438 g/mol. The molecule has 0 aromatic carbocycles. The quantitative estimate of drug-likeness (QED) is 0.133. The van der Waals surface area contributed by atoms with E-state index in [0.29, 0.717) is 0 Å². The van der Waals surface area contributed by atoms with Crippen LogP contribution >= 0.6 is 0 Å². The van der Waals surface area contributed by atoms with Crippen LogP contribution in [-0.2, 0) is 0 Å². The molecule has 0 aromatic rings. The zero-order valence-electron chi connectivity index (χ0n) is 22.3. The average molecular weight is 439 g/mol. The lowest BCUT2D eigenvalue weighted by molar-refractivity contribution is 0.0366. The normalized spacial score (nSPS) is 13.5. The van der Waals surface area contributed by atoms with E-state index in [4.69, 9.17) is 0 Å². The van der Waals surface area contributed by atoms with E-state index >= 15 is 0 Å². The molecule has 0 aliphatic carbocycles. The third kappa shape index (κ3) is 26.1. The standard InChI is InChI=1S/C30H62O/c1-4-6-8-10-12-14-15-16-17-18-19-21-23-25-27-29-30(3,31)28-26-24-22-20-13-11-9-7-5-2/h31H,4-29H2,1-3H3. The van der Waals surface area contributed by atoms with Crippen LogP contribution in [-0.4, -0.2) is 10.7 Å². The van der Waals surface area contributed by atoms with Crippen LogP contribution in [0.3, 0.4) is 0 Å². The molecule has 1 atom stereocenters. The van der Waals surface area contributed by atoms with Crippen LogP contribution in [0.5, 0.6) is 0 Å². The Balaban J connectivity index is 3.27. The Morgan fingerprint density at radius 3 is 0.774 bits per heavy atom. The summed E-state index contributed by atoms with van der Waals surface area (Å²) in [6.45, 7) is 6.65. The maximum Gasteiger partial charge on any atom is 0.0619 e. The van der Waals surface area contributed by atoms with Crippen molar-refractivity contribution in [2.24, 2.45) is 0 Å². The summed E-state index contributed by atoms with van der Waals surface area (Å²) in [6.07, 6.45) is 35.4. The van der Waals surface area contributed by atoms with Crippen molar-refractivity contribution < 1.29 is 5.11 Å². The number of unbranched alkanes of at least 4 members (excludes halogenated alkanes) is 22. The molecule has 1 unspecified atom stereocenters. The summed E-state index contributed by atoms with van der Waals surface area (Å²) >= 11 is 0. The van der Waals surface area contributed by atoms with Crippen molar-refractivity contribution in [3.05, 3.63) is 0 Å². The minimum Gasteiger partial charge on any atom is -0.390 e. The van der Waals surface area contributed by atoms with E-state index in [-0.39, 0.29) is 0 Å². The van der Waals surface area contributed by atoms with Crippen molar-refractivity contribution in [1.29, 1.82) is 0 Å². The minimum atomic E-state index is -0.419. The fourth-order valence-electron chi connectivity index (χ4n) is 4.82. The van der Waals surface area contributed by atoms with Gasteiger partial charge in [-0.3, -0.25) is 0 Å². The topological polar surface area (TPSA) is 20.2 Å². The molecule has 1 nitrogen and oxygen atoms in total. The molecule has 0 spiro atoms. The van der Waals surface area contributed by atoms with E-state index in [1.54, 1.807) is 0 Å². The van der Waals surface area contributed by atoms with Gasteiger partial charge in [0.05, 0.1) is 5.60 Å². The summed E-state index contributed by atoms with van der Waals surface area (Å²) in [5.41, 5.74) is -0.419. The van der Waals surface area contributed by atoms with Gasteiger partial charge in [-0.05, 0) is 19.8 Å². The predicted molar refractivity (Wildman–Crippen MR) is 142 cm³/mol. The lowest BCUT2D eigenvalue weighted by Gasteiger charge is -2.23. The lowest BCUT2D eigenvalue weighted by Crippen LogP contribution is -2.23. The van der Waals surface area contributed by atoms with Crippen molar-refractivity contribution in [2.75, 3.05) is 0 Å². The van der Waals surface area contributed by atoms with Crippen LogP contribution in [0, 0.1) is 0 Å². The second kappa shape index (κ2) is 24.6. The van der Waals surface area contributed by atoms with E-state index in [0.717, 1.165) is 12.8 Å². The SMILES string of the molecule is CCCCCCCCCCCCCCCCCC(C)(O)CCCCCCCCCCC. The third-order valence-electron chi connectivity index (χ3n) is 7.14. The second-order valence-electron chi connectivity index (χ2n) is 10.8. The van der Waals surface area contributed by atoms with Gasteiger partial charge in [0.2, 0.25) is 0 Å². The summed E-state index contributed by atoms with van der Waals surface area (Å²) in [6, 6.07) is 0. The Hall–Kier alpha value is -0.0400. The van der Waals surface area contributed by atoms with E-state index in [1.165, 1.54) is 154 Å². The van der Waals surface area contributed by atoms with Gasteiger partial charge >= 0.3 is 0 Å².